The Morgan fingerprint density at radius 3 is 1.21 bits per heavy atom. The fourth-order valence-electron chi connectivity index (χ4n) is 2.73. The first kappa shape index (κ1) is 26.5. The van der Waals surface area contributed by atoms with Crippen molar-refractivity contribution in [2.75, 3.05) is 5.88 Å². The quantitative estimate of drug-likeness (QED) is 0.204. The highest BCUT2D eigenvalue weighted by Crippen LogP contribution is 2.16. The summed E-state index contributed by atoms with van der Waals surface area (Å²) >= 11 is 5.38. The first-order valence-corrected chi connectivity index (χ1v) is 11.4. The minimum atomic E-state index is 0.827. The zero-order chi connectivity index (χ0) is 18.3. The third-order valence-corrected chi connectivity index (χ3v) is 4.71. The summed E-state index contributed by atoms with van der Waals surface area (Å²) in [4.78, 5) is 0. The molecule has 0 aliphatic rings. The van der Waals surface area contributed by atoms with E-state index < -0.39 is 0 Å². The zero-order valence-electron chi connectivity index (χ0n) is 17.2. The van der Waals surface area contributed by atoms with E-state index in [0.717, 1.165) is 5.88 Å². The van der Waals surface area contributed by atoms with Crippen LogP contribution in [0.4, 0.5) is 0 Å². The van der Waals surface area contributed by atoms with E-state index in [-0.39, 0.29) is 0 Å². The van der Waals surface area contributed by atoms with E-state index in [4.69, 9.17) is 17.3 Å². The summed E-state index contributed by atoms with van der Waals surface area (Å²) in [6, 6.07) is 1.25. The van der Waals surface area contributed by atoms with Crippen LogP contribution in [0.3, 0.4) is 0 Å². The van der Waals surface area contributed by atoms with Crippen molar-refractivity contribution in [3.63, 3.8) is 0 Å². The van der Waals surface area contributed by atoms with Gasteiger partial charge in [-0.3, -0.25) is 0 Å². The number of unbranched alkanes of at least 4 members (excludes halogenated alkanes) is 12. The molecule has 0 heterocycles. The second kappa shape index (κ2) is 25.5. The molecule has 2 N–H and O–H groups in total. The van der Waals surface area contributed by atoms with E-state index in [0.29, 0.717) is 0 Å². The van der Waals surface area contributed by atoms with Gasteiger partial charge in [0.2, 0.25) is 0 Å². The summed E-state index contributed by atoms with van der Waals surface area (Å²) in [6.07, 6.45) is 22.5. The average molecular weight is 361 g/mol. The van der Waals surface area contributed by atoms with Gasteiger partial charge in [-0.25, -0.2) is 0 Å². The van der Waals surface area contributed by atoms with Crippen LogP contribution < -0.4 is 5.73 Å². The lowest BCUT2D eigenvalue weighted by Gasteiger charge is -2.10. The van der Waals surface area contributed by atoms with Crippen LogP contribution in [0, 0.1) is 6.04 Å². The largest absolute Gasteiger partial charge is 0.324 e. The maximum atomic E-state index is 6.07. The van der Waals surface area contributed by atoms with Gasteiger partial charge < -0.3 is 5.73 Å². The molecule has 0 saturated heterocycles. The van der Waals surface area contributed by atoms with Crippen LogP contribution in [0.15, 0.2) is 0 Å². The number of halogens is 1. The molecule has 0 aromatic heterocycles. The van der Waals surface area contributed by atoms with Gasteiger partial charge in [-0.1, -0.05) is 111 Å². The molecule has 1 radical (unpaired) electrons. The van der Waals surface area contributed by atoms with E-state index in [1.165, 1.54) is 115 Å². The molecule has 147 valence electrons. The average Bonchev–Trinajstić information content (AvgIpc) is 2.59. The Hall–Kier alpha value is 0.250. The molecule has 0 aromatic carbocycles. The van der Waals surface area contributed by atoms with Gasteiger partial charge in [-0.2, -0.15) is 0 Å². The topological polar surface area (TPSA) is 26.0 Å². The van der Waals surface area contributed by atoms with Crippen molar-refractivity contribution in [2.45, 2.75) is 130 Å². The summed E-state index contributed by atoms with van der Waals surface area (Å²) < 4.78 is 0. The second-order valence-corrected chi connectivity index (χ2v) is 7.47. The fraction of sp³-hybridized carbons (Fsp3) is 0.955. The second-order valence-electron chi connectivity index (χ2n) is 7.09. The van der Waals surface area contributed by atoms with Gasteiger partial charge in [-0.15, -0.1) is 11.6 Å². The highest BCUT2D eigenvalue weighted by molar-refractivity contribution is 6.17. The summed E-state index contributed by atoms with van der Waals surface area (Å²) in [5.74, 6) is 0.827. The van der Waals surface area contributed by atoms with Crippen molar-refractivity contribution in [3.05, 3.63) is 6.04 Å². The van der Waals surface area contributed by atoms with E-state index in [9.17, 15) is 0 Å². The Morgan fingerprint density at radius 1 is 0.542 bits per heavy atom. The van der Waals surface area contributed by atoms with Gasteiger partial charge in [-0.05, 0) is 19.3 Å². The normalized spacial score (nSPS) is 10.8. The summed E-state index contributed by atoms with van der Waals surface area (Å²) in [6.45, 7) is 6.71. The van der Waals surface area contributed by atoms with E-state index in [1.54, 1.807) is 0 Å². The highest BCUT2D eigenvalue weighted by Gasteiger charge is 2.03. The molecule has 2 heteroatoms. The molecule has 0 unspecified atom stereocenters. The van der Waals surface area contributed by atoms with Crippen molar-refractivity contribution in [1.29, 1.82) is 0 Å². The molecular weight excluding hydrogens is 314 g/mol. The summed E-state index contributed by atoms with van der Waals surface area (Å²) in [5, 5.41) is 0. The Balaban J connectivity index is 0. The van der Waals surface area contributed by atoms with Crippen molar-refractivity contribution in [3.8, 4) is 0 Å². The smallest absolute Gasteiger partial charge is 0.0336 e. The van der Waals surface area contributed by atoms with Crippen molar-refractivity contribution >= 4 is 11.6 Å². The molecule has 0 bridgehead atoms. The van der Waals surface area contributed by atoms with Crippen molar-refractivity contribution < 1.29 is 0 Å². The predicted molar refractivity (Wildman–Crippen MR) is 114 cm³/mol. The Bertz CT molecular complexity index is 176. The lowest BCUT2D eigenvalue weighted by molar-refractivity contribution is 0.550. The van der Waals surface area contributed by atoms with Crippen molar-refractivity contribution in [2.24, 2.45) is 5.73 Å². The van der Waals surface area contributed by atoms with E-state index in [1.807, 2.05) is 0 Å². The van der Waals surface area contributed by atoms with Crippen LogP contribution >= 0.6 is 11.6 Å². The molecule has 0 rings (SSSR count). The van der Waals surface area contributed by atoms with Gasteiger partial charge in [0.25, 0.3) is 0 Å². The van der Waals surface area contributed by atoms with Crippen molar-refractivity contribution in [1.82, 2.24) is 0 Å². The third-order valence-electron chi connectivity index (χ3n) is 4.44. The minimum Gasteiger partial charge on any atom is -0.324 e. The third kappa shape index (κ3) is 27.1. The highest BCUT2D eigenvalue weighted by atomic mass is 35.5. The number of hydrogen-bond donors (Lipinski definition) is 1. The number of nitrogens with two attached hydrogens (primary N) is 1. The Morgan fingerprint density at radius 2 is 0.875 bits per heavy atom. The van der Waals surface area contributed by atoms with Gasteiger partial charge in [0.15, 0.2) is 0 Å². The molecule has 0 saturated carbocycles. The van der Waals surface area contributed by atoms with Gasteiger partial charge >= 0.3 is 0 Å². The fourth-order valence-corrected chi connectivity index (χ4v) is 2.92. The Kier molecular flexibility index (Phi) is 28.1. The number of hydrogen-bond acceptors (Lipinski definition) is 1. The minimum absolute atomic E-state index is 0.827. The molecule has 0 fully saturated rings. The number of rotatable bonds is 17. The molecule has 24 heavy (non-hydrogen) atoms. The lowest BCUT2D eigenvalue weighted by Crippen LogP contribution is -2.09. The molecule has 0 amide bonds. The van der Waals surface area contributed by atoms with Crippen LogP contribution in [0.1, 0.15) is 130 Å². The first-order chi connectivity index (χ1) is 11.7. The maximum absolute atomic E-state index is 6.07. The molecule has 0 atom stereocenters. The maximum Gasteiger partial charge on any atom is 0.0336 e. The van der Waals surface area contributed by atoms with Crippen LogP contribution in [0.25, 0.3) is 0 Å². The predicted octanol–water partition coefficient (Wildman–Crippen LogP) is 8.39. The Labute approximate surface area is 159 Å². The van der Waals surface area contributed by atoms with Crippen LogP contribution in [0.5, 0.6) is 0 Å². The van der Waals surface area contributed by atoms with Crippen LogP contribution in [-0.2, 0) is 0 Å². The first-order valence-electron chi connectivity index (χ1n) is 10.9. The molecule has 0 aromatic rings. The lowest BCUT2D eigenvalue weighted by atomic mass is 10.0. The molecule has 0 spiro atoms. The SMILES string of the molecule is CCCCCCCC[C](N)CCCCCCCC.CCCCCCl. The zero-order valence-corrected chi connectivity index (χ0v) is 17.9. The molecule has 0 aliphatic heterocycles. The van der Waals surface area contributed by atoms with E-state index in [2.05, 4.69) is 20.8 Å². The van der Waals surface area contributed by atoms with Gasteiger partial charge in [0.05, 0.1) is 0 Å². The summed E-state index contributed by atoms with van der Waals surface area (Å²) in [7, 11) is 0. The standard InChI is InChI=1S/C17H36N.C5H11Cl/c1-3-5-7-9-11-13-15-17(18)16-14-12-10-8-6-4-2;1-2-3-4-5-6/h3-16,18H2,1-2H3;2-5H2,1H3. The van der Waals surface area contributed by atoms with Gasteiger partial charge in [0, 0.05) is 11.9 Å². The van der Waals surface area contributed by atoms with Gasteiger partial charge in [0.1, 0.15) is 0 Å². The molecule has 1 nitrogen and oxygen atoms in total. The molecular formula is C22H47ClN. The number of alkyl halides is 1. The van der Waals surface area contributed by atoms with Crippen LogP contribution in [-0.4, -0.2) is 5.88 Å². The molecule has 0 aliphatic carbocycles. The van der Waals surface area contributed by atoms with Crippen LogP contribution in [0.2, 0.25) is 0 Å². The monoisotopic (exact) mass is 360 g/mol. The summed E-state index contributed by atoms with van der Waals surface area (Å²) in [5.41, 5.74) is 6.07. The van der Waals surface area contributed by atoms with E-state index >= 15 is 0 Å².